The van der Waals surface area contributed by atoms with E-state index in [0.717, 1.165) is 18.4 Å². The maximum absolute atomic E-state index is 12.7. The normalized spacial score (nSPS) is 20.3. The molecule has 1 saturated heterocycles. The molecule has 1 aromatic carbocycles. The fraction of sp³-hybridized carbons (Fsp3) is 0.650. The van der Waals surface area contributed by atoms with E-state index >= 15 is 0 Å². The van der Waals surface area contributed by atoms with Crippen LogP contribution in [0.2, 0.25) is 0 Å². The number of fused-ring (bicyclic) bond motifs is 1. The molecule has 0 unspecified atom stereocenters. The molecule has 1 fully saturated rings. The number of hydrogen-bond donors (Lipinski definition) is 1. The maximum Gasteiger partial charge on any atom is 0.281 e. The lowest BCUT2D eigenvalue weighted by Gasteiger charge is -2.32. The van der Waals surface area contributed by atoms with Crippen LogP contribution in [0, 0.1) is 5.92 Å². The number of hydrogen-bond acceptors (Lipinski definition) is 3. The van der Waals surface area contributed by atoms with E-state index in [2.05, 4.69) is 23.5 Å². The van der Waals surface area contributed by atoms with Gasteiger partial charge in [-0.25, -0.2) is 0 Å². The van der Waals surface area contributed by atoms with E-state index in [4.69, 9.17) is 0 Å². The number of piperidine rings is 1. The minimum atomic E-state index is -3.39. The smallest absolute Gasteiger partial charge is 0.281 e. The Morgan fingerprint density at radius 2 is 1.78 bits per heavy atom. The van der Waals surface area contributed by atoms with E-state index in [1.54, 1.807) is 0 Å². The van der Waals surface area contributed by atoms with E-state index in [1.165, 1.54) is 46.7 Å². The highest BCUT2D eigenvalue weighted by Crippen LogP contribution is 2.26. The minimum absolute atomic E-state index is 0.0297. The van der Waals surface area contributed by atoms with Crippen molar-refractivity contribution in [3.63, 3.8) is 0 Å². The summed E-state index contributed by atoms with van der Waals surface area (Å²) in [6.45, 7) is 2.81. The number of amides is 1. The van der Waals surface area contributed by atoms with Crippen molar-refractivity contribution in [2.75, 3.05) is 27.2 Å². The fourth-order valence-electron chi connectivity index (χ4n) is 4.02. The van der Waals surface area contributed by atoms with Crippen molar-refractivity contribution >= 4 is 16.1 Å². The molecule has 0 radical (unpaired) electrons. The van der Waals surface area contributed by atoms with Crippen LogP contribution in [0.5, 0.6) is 0 Å². The largest absolute Gasteiger partial charge is 0.349 e. The Bertz CT molecular complexity index is 784. The van der Waals surface area contributed by atoms with Crippen LogP contribution in [0.15, 0.2) is 18.2 Å². The van der Waals surface area contributed by atoms with E-state index < -0.39 is 10.2 Å². The minimum Gasteiger partial charge on any atom is -0.349 e. The Hall–Kier alpha value is -1.44. The number of nitrogens with zero attached hydrogens (tertiary/aromatic N) is 2. The summed E-state index contributed by atoms with van der Waals surface area (Å²) < 4.78 is 27.1. The first kappa shape index (κ1) is 20.3. The second kappa shape index (κ2) is 8.29. The molecular weight excluding hydrogens is 362 g/mol. The number of nitrogens with one attached hydrogen (secondary N) is 1. The molecule has 1 atom stereocenters. The van der Waals surface area contributed by atoms with Crippen molar-refractivity contribution < 1.29 is 13.2 Å². The lowest BCUT2D eigenvalue weighted by Crippen LogP contribution is -2.47. The molecule has 3 rings (SSSR count). The number of carbonyl (C=O) groups excluding carboxylic acids is 1. The van der Waals surface area contributed by atoms with Gasteiger partial charge in [0.1, 0.15) is 0 Å². The third kappa shape index (κ3) is 4.52. The molecule has 1 aliphatic carbocycles. The van der Waals surface area contributed by atoms with Crippen LogP contribution >= 0.6 is 0 Å². The Labute approximate surface area is 163 Å². The summed E-state index contributed by atoms with van der Waals surface area (Å²) in [4.78, 5) is 12.7. The van der Waals surface area contributed by atoms with Gasteiger partial charge in [-0.05, 0) is 62.1 Å². The van der Waals surface area contributed by atoms with Gasteiger partial charge in [0, 0.05) is 33.1 Å². The van der Waals surface area contributed by atoms with Gasteiger partial charge in [0.05, 0.1) is 6.04 Å². The Kier molecular flexibility index (Phi) is 6.23. The van der Waals surface area contributed by atoms with Crippen LogP contribution in [-0.4, -0.2) is 50.1 Å². The monoisotopic (exact) mass is 393 g/mol. The Morgan fingerprint density at radius 1 is 1.15 bits per heavy atom. The zero-order valence-corrected chi connectivity index (χ0v) is 17.4. The predicted octanol–water partition coefficient (Wildman–Crippen LogP) is 2.26. The third-order valence-corrected chi connectivity index (χ3v) is 7.78. The van der Waals surface area contributed by atoms with Gasteiger partial charge in [0.2, 0.25) is 5.91 Å². The van der Waals surface area contributed by atoms with Crippen molar-refractivity contribution in [2.45, 2.75) is 51.5 Å². The number of rotatable bonds is 5. The molecule has 1 N–H and O–H groups in total. The zero-order chi connectivity index (χ0) is 19.6. The van der Waals surface area contributed by atoms with Crippen molar-refractivity contribution in [3.05, 3.63) is 34.9 Å². The van der Waals surface area contributed by atoms with E-state index in [1.807, 2.05) is 6.92 Å². The molecule has 1 heterocycles. The molecule has 0 aromatic heterocycles. The molecule has 0 spiro atoms. The van der Waals surface area contributed by atoms with Gasteiger partial charge in [-0.1, -0.05) is 18.2 Å². The van der Waals surface area contributed by atoms with Crippen LogP contribution in [0.4, 0.5) is 0 Å². The van der Waals surface area contributed by atoms with E-state index in [-0.39, 0.29) is 17.9 Å². The van der Waals surface area contributed by atoms with Crippen molar-refractivity contribution in [2.24, 2.45) is 5.92 Å². The number of aryl methyl sites for hydroxylation is 2. The second-order valence-electron chi connectivity index (χ2n) is 7.93. The molecule has 1 aliphatic heterocycles. The first-order chi connectivity index (χ1) is 12.8. The molecule has 27 heavy (non-hydrogen) atoms. The van der Waals surface area contributed by atoms with Crippen LogP contribution in [0.1, 0.15) is 55.3 Å². The highest BCUT2D eigenvalue weighted by atomic mass is 32.2. The van der Waals surface area contributed by atoms with Gasteiger partial charge in [-0.3, -0.25) is 4.79 Å². The van der Waals surface area contributed by atoms with E-state index in [0.29, 0.717) is 25.9 Å². The van der Waals surface area contributed by atoms with Gasteiger partial charge >= 0.3 is 0 Å². The standard InChI is InChI=1S/C20H31N3O3S/c1-15(18-9-8-16-6-4-5-7-19(16)14-18)21-20(24)17-10-12-23(13-11-17)27(25,26)22(2)3/h8-9,14-15,17H,4-7,10-13H2,1-3H3,(H,21,24)/t15-/m0/s1. The number of carbonyl (C=O) groups is 1. The molecule has 0 saturated carbocycles. The highest BCUT2D eigenvalue weighted by molar-refractivity contribution is 7.86. The topological polar surface area (TPSA) is 69.7 Å². The zero-order valence-electron chi connectivity index (χ0n) is 16.6. The number of benzene rings is 1. The summed E-state index contributed by atoms with van der Waals surface area (Å²) >= 11 is 0. The molecule has 1 amide bonds. The first-order valence-corrected chi connectivity index (χ1v) is 11.3. The molecule has 7 heteroatoms. The first-order valence-electron chi connectivity index (χ1n) is 9.88. The molecule has 2 aliphatic rings. The van der Waals surface area contributed by atoms with Gasteiger partial charge in [-0.15, -0.1) is 0 Å². The lowest BCUT2D eigenvalue weighted by atomic mass is 9.89. The second-order valence-corrected chi connectivity index (χ2v) is 10.1. The molecule has 1 aromatic rings. The maximum atomic E-state index is 12.7. The van der Waals surface area contributed by atoms with Crippen LogP contribution in [0.3, 0.4) is 0 Å². The summed E-state index contributed by atoms with van der Waals surface area (Å²) in [5.41, 5.74) is 4.01. The van der Waals surface area contributed by atoms with Crippen molar-refractivity contribution in [1.29, 1.82) is 0 Å². The van der Waals surface area contributed by atoms with Crippen LogP contribution in [0.25, 0.3) is 0 Å². The molecular formula is C20H31N3O3S. The molecule has 0 bridgehead atoms. The predicted molar refractivity (Wildman–Crippen MR) is 107 cm³/mol. The third-order valence-electron chi connectivity index (χ3n) is 5.84. The molecule has 150 valence electrons. The van der Waals surface area contributed by atoms with Gasteiger partial charge in [-0.2, -0.15) is 17.0 Å². The highest BCUT2D eigenvalue weighted by Gasteiger charge is 2.32. The van der Waals surface area contributed by atoms with Gasteiger partial charge < -0.3 is 5.32 Å². The van der Waals surface area contributed by atoms with Gasteiger partial charge in [0.15, 0.2) is 0 Å². The average molecular weight is 394 g/mol. The quantitative estimate of drug-likeness (QED) is 0.834. The van der Waals surface area contributed by atoms with E-state index in [9.17, 15) is 13.2 Å². The Balaban J connectivity index is 1.57. The van der Waals surface area contributed by atoms with Crippen LogP contribution < -0.4 is 5.32 Å². The van der Waals surface area contributed by atoms with Crippen LogP contribution in [-0.2, 0) is 27.8 Å². The van der Waals surface area contributed by atoms with Crippen molar-refractivity contribution in [3.8, 4) is 0 Å². The molecule has 6 nitrogen and oxygen atoms in total. The SMILES string of the molecule is C[C@H](NC(=O)C1CCN(S(=O)(=O)N(C)C)CC1)c1ccc2c(c1)CCCC2. The van der Waals surface area contributed by atoms with Crippen molar-refractivity contribution in [1.82, 2.24) is 13.9 Å². The Morgan fingerprint density at radius 3 is 2.41 bits per heavy atom. The fourth-order valence-corrected chi connectivity index (χ4v) is 5.15. The summed E-state index contributed by atoms with van der Waals surface area (Å²) in [6.07, 6.45) is 5.92. The average Bonchev–Trinajstić information content (AvgIpc) is 2.67. The summed E-state index contributed by atoms with van der Waals surface area (Å²) in [6, 6.07) is 6.54. The summed E-state index contributed by atoms with van der Waals surface area (Å²) in [5.74, 6) is -0.0965. The summed E-state index contributed by atoms with van der Waals surface area (Å²) in [7, 11) is -0.317. The summed E-state index contributed by atoms with van der Waals surface area (Å²) in [5, 5.41) is 3.13. The van der Waals surface area contributed by atoms with Gasteiger partial charge in [0.25, 0.3) is 10.2 Å². The lowest BCUT2D eigenvalue weighted by molar-refractivity contribution is -0.126.